The lowest BCUT2D eigenvalue weighted by molar-refractivity contribution is -0.913. The Morgan fingerprint density at radius 3 is 2.52 bits per heavy atom. The molecule has 0 spiro atoms. The molecule has 6 heteroatoms. The first-order valence-electron chi connectivity index (χ1n) is 8.28. The first-order chi connectivity index (χ1) is 11.1. The molecule has 3 rings (SSSR count). The number of rotatable bonds is 4. The summed E-state index contributed by atoms with van der Waals surface area (Å²) in [5, 5.41) is 12.5. The Morgan fingerprint density at radius 1 is 1.26 bits per heavy atom. The summed E-state index contributed by atoms with van der Waals surface area (Å²) in [5.74, 6) is -0.171. The molecular weight excluding hydrogens is 294 g/mol. The second-order valence-electron chi connectivity index (χ2n) is 6.43. The van der Waals surface area contributed by atoms with Crippen molar-refractivity contribution in [3.05, 3.63) is 35.9 Å². The first kappa shape index (κ1) is 16.0. The molecule has 0 aromatic heterocycles. The van der Waals surface area contributed by atoms with E-state index in [0.717, 1.165) is 31.5 Å². The standard InChI is InChI=1S/C17H23N3O3/c1-2-17(13-6-4-3-5-7-13)15(22)20(16(23)18-17)12-19-10-8-14(21)9-11-19/h3-7,14,21H,2,8-12H2,1H3,(H,18,23)/p+1/t17-/m0/s1. The molecule has 3 N–H and O–H groups in total. The van der Waals surface area contributed by atoms with Crippen molar-refractivity contribution in [1.29, 1.82) is 0 Å². The predicted octanol–water partition coefficient (Wildman–Crippen LogP) is -0.159. The maximum Gasteiger partial charge on any atom is 0.329 e. The molecule has 3 amide bonds. The van der Waals surface area contributed by atoms with Gasteiger partial charge in [-0.2, -0.15) is 0 Å². The third kappa shape index (κ3) is 2.84. The molecule has 0 bridgehead atoms. The van der Waals surface area contributed by atoms with Crippen LogP contribution in [0.2, 0.25) is 0 Å². The summed E-state index contributed by atoms with van der Waals surface area (Å²) < 4.78 is 0. The monoisotopic (exact) mass is 318 g/mol. The molecule has 0 aliphatic carbocycles. The zero-order valence-corrected chi connectivity index (χ0v) is 13.4. The molecule has 2 saturated heterocycles. The second-order valence-corrected chi connectivity index (χ2v) is 6.43. The van der Waals surface area contributed by atoms with E-state index in [4.69, 9.17) is 0 Å². The van der Waals surface area contributed by atoms with Crippen LogP contribution in [0.25, 0.3) is 0 Å². The lowest BCUT2D eigenvalue weighted by atomic mass is 9.87. The van der Waals surface area contributed by atoms with Crippen molar-refractivity contribution in [3.63, 3.8) is 0 Å². The SMILES string of the molecule is CC[C@@]1(c2ccccc2)NC(=O)N(C[NH+]2CCC(O)CC2)C1=O. The van der Waals surface area contributed by atoms with Crippen LogP contribution in [0.4, 0.5) is 4.79 Å². The van der Waals surface area contributed by atoms with Crippen molar-refractivity contribution in [2.75, 3.05) is 19.8 Å². The number of nitrogens with one attached hydrogen (secondary N) is 2. The molecule has 1 aromatic carbocycles. The molecule has 6 nitrogen and oxygen atoms in total. The van der Waals surface area contributed by atoms with E-state index < -0.39 is 5.54 Å². The number of likely N-dealkylation sites (tertiary alicyclic amines) is 1. The van der Waals surface area contributed by atoms with Gasteiger partial charge in [0.15, 0.2) is 6.67 Å². The lowest BCUT2D eigenvalue weighted by Crippen LogP contribution is -3.14. The number of benzene rings is 1. The third-order valence-electron chi connectivity index (χ3n) is 5.02. The summed E-state index contributed by atoms with van der Waals surface area (Å²) in [6, 6.07) is 9.11. The van der Waals surface area contributed by atoms with Gasteiger partial charge in [-0.25, -0.2) is 9.69 Å². The Kier molecular flexibility index (Phi) is 4.37. The number of urea groups is 1. The molecule has 124 valence electrons. The van der Waals surface area contributed by atoms with E-state index in [1.165, 1.54) is 9.80 Å². The molecule has 1 aromatic rings. The van der Waals surface area contributed by atoms with Crippen LogP contribution in [0, 0.1) is 0 Å². The number of aliphatic hydroxyl groups is 1. The van der Waals surface area contributed by atoms with Crippen LogP contribution in [-0.2, 0) is 10.3 Å². The highest BCUT2D eigenvalue weighted by Gasteiger charge is 2.52. The van der Waals surface area contributed by atoms with Crippen molar-refractivity contribution < 1.29 is 19.6 Å². The molecule has 2 aliphatic heterocycles. The highest BCUT2D eigenvalue weighted by molar-refractivity contribution is 6.07. The number of quaternary nitrogens is 1. The van der Waals surface area contributed by atoms with Gasteiger partial charge in [0, 0.05) is 12.8 Å². The Morgan fingerprint density at radius 2 is 1.91 bits per heavy atom. The van der Waals surface area contributed by atoms with E-state index in [0.29, 0.717) is 13.1 Å². The zero-order valence-electron chi connectivity index (χ0n) is 13.4. The summed E-state index contributed by atoms with van der Waals surface area (Å²) >= 11 is 0. The molecular formula is C17H24N3O3+. The van der Waals surface area contributed by atoms with Crippen LogP contribution in [0.1, 0.15) is 31.7 Å². The smallest absolute Gasteiger partial charge is 0.329 e. The van der Waals surface area contributed by atoms with E-state index in [1.807, 2.05) is 37.3 Å². The second kappa shape index (κ2) is 6.29. The van der Waals surface area contributed by atoms with Gasteiger partial charge in [0.1, 0.15) is 5.54 Å². The number of aliphatic hydroxyl groups excluding tert-OH is 1. The van der Waals surface area contributed by atoms with E-state index >= 15 is 0 Å². The number of carbonyl (C=O) groups excluding carboxylic acids is 2. The normalized spacial score (nSPS) is 31.3. The Hall–Kier alpha value is -1.92. The average Bonchev–Trinajstić information content (AvgIpc) is 2.83. The quantitative estimate of drug-likeness (QED) is 0.676. The molecule has 0 saturated carbocycles. The minimum Gasteiger partial charge on any atom is -0.393 e. The van der Waals surface area contributed by atoms with Gasteiger partial charge in [0.25, 0.3) is 5.91 Å². The maximum absolute atomic E-state index is 13.0. The number of hydrogen-bond acceptors (Lipinski definition) is 3. The third-order valence-corrected chi connectivity index (χ3v) is 5.02. The van der Waals surface area contributed by atoms with Gasteiger partial charge in [-0.15, -0.1) is 0 Å². The highest BCUT2D eigenvalue weighted by Crippen LogP contribution is 2.31. The van der Waals surface area contributed by atoms with Crippen LogP contribution in [0.15, 0.2) is 30.3 Å². The number of piperidine rings is 1. The van der Waals surface area contributed by atoms with Gasteiger partial charge < -0.3 is 15.3 Å². The summed E-state index contributed by atoms with van der Waals surface area (Å²) in [6.45, 7) is 3.84. The Bertz CT molecular complexity index is 584. The molecule has 2 aliphatic rings. The number of imide groups is 1. The summed E-state index contributed by atoms with van der Waals surface area (Å²) in [4.78, 5) is 27.9. The summed E-state index contributed by atoms with van der Waals surface area (Å²) in [5.41, 5.74) is -0.125. The summed E-state index contributed by atoms with van der Waals surface area (Å²) in [6.07, 6.45) is 1.71. The van der Waals surface area contributed by atoms with E-state index in [1.54, 1.807) is 0 Å². The maximum atomic E-state index is 13.0. The molecule has 0 unspecified atom stereocenters. The van der Waals surface area contributed by atoms with Crippen LogP contribution >= 0.6 is 0 Å². The van der Waals surface area contributed by atoms with E-state index in [9.17, 15) is 14.7 Å². The number of amides is 3. The number of nitrogens with zero attached hydrogens (tertiary/aromatic N) is 1. The van der Waals surface area contributed by atoms with E-state index in [-0.39, 0.29) is 18.0 Å². The molecule has 2 fully saturated rings. The van der Waals surface area contributed by atoms with Gasteiger partial charge in [-0.1, -0.05) is 37.3 Å². The fourth-order valence-corrected chi connectivity index (χ4v) is 3.52. The minimum absolute atomic E-state index is 0.171. The Labute approximate surface area is 136 Å². The van der Waals surface area contributed by atoms with Gasteiger partial charge >= 0.3 is 6.03 Å². The van der Waals surface area contributed by atoms with Crippen molar-refractivity contribution in [3.8, 4) is 0 Å². The fourth-order valence-electron chi connectivity index (χ4n) is 3.52. The predicted molar refractivity (Wildman–Crippen MR) is 84.6 cm³/mol. The van der Waals surface area contributed by atoms with Gasteiger partial charge in [0.2, 0.25) is 0 Å². The topological polar surface area (TPSA) is 74.1 Å². The molecule has 2 heterocycles. The molecule has 1 atom stereocenters. The number of carbonyl (C=O) groups is 2. The van der Waals surface area contributed by atoms with Gasteiger partial charge in [0.05, 0.1) is 19.2 Å². The largest absolute Gasteiger partial charge is 0.393 e. The van der Waals surface area contributed by atoms with Crippen LogP contribution in [0.3, 0.4) is 0 Å². The highest BCUT2D eigenvalue weighted by atomic mass is 16.3. The summed E-state index contributed by atoms with van der Waals surface area (Å²) in [7, 11) is 0. The van der Waals surface area contributed by atoms with Crippen LogP contribution in [-0.4, -0.2) is 47.8 Å². The minimum atomic E-state index is -0.951. The zero-order chi connectivity index (χ0) is 16.4. The van der Waals surface area contributed by atoms with Gasteiger partial charge in [-0.05, 0) is 12.0 Å². The average molecular weight is 318 g/mol. The Balaban J connectivity index is 1.79. The van der Waals surface area contributed by atoms with Crippen LogP contribution in [0.5, 0.6) is 0 Å². The van der Waals surface area contributed by atoms with Crippen molar-refractivity contribution in [2.24, 2.45) is 0 Å². The van der Waals surface area contributed by atoms with Gasteiger partial charge in [-0.3, -0.25) is 4.79 Å². The van der Waals surface area contributed by atoms with Crippen molar-refractivity contribution in [1.82, 2.24) is 10.2 Å². The van der Waals surface area contributed by atoms with E-state index in [2.05, 4.69) is 5.32 Å². The molecule has 0 radical (unpaired) electrons. The number of hydrogen-bond donors (Lipinski definition) is 3. The fraction of sp³-hybridized carbons (Fsp3) is 0.529. The van der Waals surface area contributed by atoms with Crippen molar-refractivity contribution >= 4 is 11.9 Å². The van der Waals surface area contributed by atoms with Crippen LogP contribution < -0.4 is 10.2 Å². The molecule has 23 heavy (non-hydrogen) atoms. The lowest BCUT2D eigenvalue weighted by Gasteiger charge is -2.29. The first-order valence-corrected chi connectivity index (χ1v) is 8.28. The van der Waals surface area contributed by atoms with Crippen molar-refractivity contribution in [2.45, 2.75) is 37.8 Å².